The van der Waals surface area contributed by atoms with Crippen LogP contribution >= 0.6 is 0 Å². The molecule has 0 bridgehead atoms. The van der Waals surface area contributed by atoms with Gasteiger partial charge >= 0.3 is 0 Å². The number of ether oxygens (including phenoxy) is 1. The normalized spacial score (nSPS) is 17.2. The first kappa shape index (κ1) is 12.2. The zero-order chi connectivity index (χ0) is 12.3. The van der Waals surface area contributed by atoms with E-state index in [-0.39, 0.29) is 6.04 Å². The minimum atomic E-state index is 0.287. The molecule has 1 heterocycles. The summed E-state index contributed by atoms with van der Waals surface area (Å²) in [4.78, 5) is 0. The Balaban J connectivity index is 2.28. The topological polar surface area (TPSA) is 21.3 Å². The van der Waals surface area contributed by atoms with Crippen molar-refractivity contribution in [3.63, 3.8) is 0 Å². The molecule has 1 aliphatic rings. The molecule has 1 aromatic rings. The highest BCUT2D eigenvalue weighted by atomic mass is 16.5. The van der Waals surface area contributed by atoms with Crippen molar-refractivity contribution < 1.29 is 4.74 Å². The molecule has 1 atom stereocenters. The Hall–Kier alpha value is -1.28. The number of hydrogen-bond acceptors (Lipinski definition) is 2. The lowest BCUT2D eigenvalue weighted by Crippen LogP contribution is -2.21. The van der Waals surface area contributed by atoms with E-state index in [4.69, 9.17) is 4.74 Å². The quantitative estimate of drug-likeness (QED) is 0.862. The Morgan fingerprint density at radius 1 is 1.24 bits per heavy atom. The summed E-state index contributed by atoms with van der Waals surface area (Å²) in [6.07, 6.45) is 4.17. The third kappa shape index (κ3) is 2.70. The van der Waals surface area contributed by atoms with Crippen molar-refractivity contribution in [1.82, 2.24) is 5.32 Å². The maximum absolute atomic E-state index is 5.44. The maximum Gasteiger partial charge on any atom is 0.0876 e. The standard InChI is InChI=1S/C15H21NO/c1-11-6-7-13(9-12(11)2)15(16-3)14-5-4-8-17-10-14/h6-7,9-10,15-16H,4-5,8H2,1-3H3. The molecule has 92 valence electrons. The average molecular weight is 231 g/mol. The second-order valence-electron chi connectivity index (χ2n) is 4.73. The highest BCUT2D eigenvalue weighted by molar-refractivity contribution is 5.35. The molecular weight excluding hydrogens is 210 g/mol. The molecule has 2 heteroatoms. The van der Waals surface area contributed by atoms with Crippen LogP contribution < -0.4 is 5.32 Å². The molecule has 1 aliphatic heterocycles. The molecule has 1 aromatic carbocycles. The lowest BCUT2D eigenvalue weighted by molar-refractivity contribution is 0.220. The van der Waals surface area contributed by atoms with Crippen molar-refractivity contribution in [2.75, 3.05) is 13.7 Å². The Labute approximate surface area is 104 Å². The molecular formula is C15H21NO. The van der Waals surface area contributed by atoms with Crippen LogP contribution in [-0.2, 0) is 4.74 Å². The Bertz CT molecular complexity index is 423. The number of hydrogen-bond donors (Lipinski definition) is 1. The van der Waals surface area contributed by atoms with Crippen molar-refractivity contribution in [2.45, 2.75) is 32.7 Å². The molecule has 17 heavy (non-hydrogen) atoms. The van der Waals surface area contributed by atoms with E-state index in [1.807, 2.05) is 13.3 Å². The van der Waals surface area contributed by atoms with Gasteiger partial charge in [-0.2, -0.15) is 0 Å². The Kier molecular flexibility index (Phi) is 3.85. The van der Waals surface area contributed by atoms with Gasteiger partial charge in [-0.05, 0) is 56.0 Å². The average Bonchev–Trinajstić information content (AvgIpc) is 2.36. The predicted molar refractivity (Wildman–Crippen MR) is 71.0 cm³/mol. The summed E-state index contributed by atoms with van der Waals surface area (Å²) < 4.78 is 5.44. The van der Waals surface area contributed by atoms with Gasteiger partial charge in [-0.15, -0.1) is 0 Å². The van der Waals surface area contributed by atoms with Crippen LogP contribution in [0.5, 0.6) is 0 Å². The van der Waals surface area contributed by atoms with Crippen molar-refractivity contribution >= 4 is 0 Å². The van der Waals surface area contributed by atoms with Crippen LogP contribution in [0.25, 0.3) is 0 Å². The first-order chi connectivity index (χ1) is 8.22. The minimum absolute atomic E-state index is 0.287. The summed E-state index contributed by atoms with van der Waals surface area (Å²) >= 11 is 0. The van der Waals surface area contributed by atoms with Gasteiger partial charge < -0.3 is 10.1 Å². The van der Waals surface area contributed by atoms with E-state index in [0.29, 0.717) is 0 Å². The summed E-state index contributed by atoms with van der Waals surface area (Å²) in [5.74, 6) is 0. The fourth-order valence-electron chi connectivity index (χ4n) is 2.31. The van der Waals surface area contributed by atoms with E-state index in [0.717, 1.165) is 19.4 Å². The van der Waals surface area contributed by atoms with Gasteiger partial charge in [-0.1, -0.05) is 18.2 Å². The van der Waals surface area contributed by atoms with Gasteiger partial charge in [0.1, 0.15) is 0 Å². The van der Waals surface area contributed by atoms with Gasteiger partial charge in [0.05, 0.1) is 18.9 Å². The van der Waals surface area contributed by atoms with Gasteiger partial charge in [0.15, 0.2) is 0 Å². The molecule has 0 aliphatic carbocycles. The van der Waals surface area contributed by atoms with E-state index in [1.165, 1.54) is 22.3 Å². The molecule has 0 spiro atoms. The van der Waals surface area contributed by atoms with Crippen molar-refractivity contribution in [3.8, 4) is 0 Å². The Morgan fingerprint density at radius 3 is 2.65 bits per heavy atom. The molecule has 0 amide bonds. The number of aryl methyl sites for hydroxylation is 2. The summed E-state index contributed by atoms with van der Waals surface area (Å²) in [6.45, 7) is 5.17. The van der Waals surface area contributed by atoms with Crippen LogP contribution in [0.2, 0.25) is 0 Å². The second-order valence-corrected chi connectivity index (χ2v) is 4.73. The highest BCUT2D eigenvalue weighted by Crippen LogP contribution is 2.28. The number of likely N-dealkylation sites (N-methyl/N-ethyl adjacent to an activating group) is 1. The molecule has 2 rings (SSSR count). The van der Waals surface area contributed by atoms with Crippen molar-refractivity contribution in [2.24, 2.45) is 0 Å². The summed E-state index contributed by atoms with van der Waals surface area (Å²) in [5, 5.41) is 3.39. The molecule has 0 saturated heterocycles. The van der Waals surface area contributed by atoms with Crippen molar-refractivity contribution in [1.29, 1.82) is 0 Å². The number of rotatable bonds is 3. The third-order valence-electron chi connectivity index (χ3n) is 3.49. The Morgan fingerprint density at radius 2 is 2.06 bits per heavy atom. The molecule has 1 N–H and O–H groups in total. The van der Waals surface area contributed by atoms with Gasteiger partial charge in [0.25, 0.3) is 0 Å². The molecule has 1 unspecified atom stereocenters. The monoisotopic (exact) mass is 231 g/mol. The van der Waals surface area contributed by atoms with E-state index in [2.05, 4.69) is 37.4 Å². The van der Waals surface area contributed by atoms with Crippen LogP contribution in [0.3, 0.4) is 0 Å². The van der Waals surface area contributed by atoms with E-state index in [1.54, 1.807) is 0 Å². The lowest BCUT2D eigenvalue weighted by atomic mass is 9.93. The number of nitrogens with one attached hydrogen (secondary N) is 1. The van der Waals surface area contributed by atoms with Crippen LogP contribution in [0.4, 0.5) is 0 Å². The smallest absolute Gasteiger partial charge is 0.0876 e. The zero-order valence-corrected chi connectivity index (χ0v) is 10.9. The van der Waals surface area contributed by atoms with Crippen LogP contribution in [-0.4, -0.2) is 13.7 Å². The highest BCUT2D eigenvalue weighted by Gasteiger charge is 2.17. The molecule has 0 saturated carbocycles. The summed E-state index contributed by atoms with van der Waals surface area (Å²) in [6, 6.07) is 6.96. The number of benzene rings is 1. The fourth-order valence-corrected chi connectivity index (χ4v) is 2.31. The first-order valence-corrected chi connectivity index (χ1v) is 6.27. The van der Waals surface area contributed by atoms with Crippen molar-refractivity contribution in [3.05, 3.63) is 46.7 Å². The van der Waals surface area contributed by atoms with Crippen LogP contribution in [0, 0.1) is 13.8 Å². The molecule has 0 radical (unpaired) electrons. The second kappa shape index (κ2) is 5.37. The summed E-state index contributed by atoms with van der Waals surface area (Å²) in [7, 11) is 2.01. The van der Waals surface area contributed by atoms with Gasteiger partial charge in [0, 0.05) is 0 Å². The summed E-state index contributed by atoms with van der Waals surface area (Å²) in [5.41, 5.74) is 5.37. The van der Waals surface area contributed by atoms with E-state index in [9.17, 15) is 0 Å². The largest absolute Gasteiger partial charge is 0.501 e. The third-order valence-corrected chi connectivity index (χ3v) is 3.49. The lowest BCUT2D eigenvalue weighted by Gasteiger charge is -2.23. The van der Waals surface area contributed by atoms with Gasteiger partial charge in [-0.3, -0.25) is 0 Å². The maximum atomic E-state index is 5.44. The van der Waals surface area contributed by atoms with Gasteiger partial charge in [-0.25, -0.2) is 0 Å². The molecule has 2 nitrogen and oxygen atoms in total. The van der Waals surface area contributed by atoms with Gasteiger partial charge in [0.2, 0.25) is 0 Å². The first-order valence-electron chi connectivity index (χ1n) is 6.27. The molecule has 0 fully saturated rings. The zero-order valence-electron chi connectivity index (χ0n) is 10.9. The van der Waals surface area contributed by atoms with E-state index >= 15 is 0 Å². The van der Waals surface area contributed by atoms with Crippen LogP contribution in [0.15, 0.2) is 30.0 Å². The minimum Gasteiger partial charge on any atom is -0.501 e. The SMILES string of the molecule is CNC(C1=COCCC1)c1ccc(C)c(C)c1. The van der Waals surface area contributed by atoms with Crippen LogP contribution in [0.1, 0.15) is 35.6 Å². The molecule has 0 aromatic heterocycles. The van der Waals surface area contributed by atoms with E-state index < -0.39 is 0 Å². The fraction of sp³-hybridized carbons (Fsp3) is 0.467. The predicted octanol–water partition coefficient (Wildman–Crippen LogP) is 3.26.